The highest BCUT2D eigenvalue weighted by Crippen LogP contribution is 2.34. The molecule has 3 aromatic rings. The number of thioether (sulfide) groups is 1. The summed E-state index contributed by atoms with van der Waals surface area (Å²) in [6.45, 7) is 0.125. The number of nitrogens with zero attached hydrogens (tertiary/aromatic N) is 2. The molecule has 198 valence electrons. The van der Waals surface area contributed by atoms with Crippen molar-refractivity contribution >= 4 is 40.1 Å². The van der Waals surface area contributed by atoms with Crippen LogP contribution >= 0.6 is 11.8 Å². The van der Waals surface area contributed by atoms with Gasteiger partial charge in [-0.25, -0.2) is 4.99 Å². The quantitative estimate of drug-likeness (QED) is 0.403. The molecule has 0 aromatic heterocycles. The fraction of sp³-hybridized carbons (Fsp3) is 0.222. The van der Waals surface area contributed by atoms with Crippen molar-refractivity contribution < 1.29 is 32.2 Å². The molecule has 0 aliphatic carbocycles. The number of amides is 2. The number of ether oxygens (including phenoxy) is 2. The van der Waals surface area contributed by atoms with E-state index in [0.29, 0.717) is 17.2 Å². The molecular formula is C27H24F3N3O4S. The normalized spacial score (nSPS) is 16.9. The van der Waals surface area contributed by atoms with Crippen LogP contribution < -0.4 is 14.8 Å². The van der Waals surface area contributed by atoms with Crippen LogP contribution in [0.3, 0.4) is 0 Å². The molecule has 4 rings (SSSR count). The topological polar surface area (TPSA) is 80.2 Å². The van der Waals surface area contributed by atoms with Gasteiger partial charge in [0.15, 0.2) is 5.17 Å². The van der Waals surface area contributed by atoms with Gasteiger partial charge in [0.25, 0.3) is 0 Å². The van der Waals surface area contributed by atoms with E-state index in [1.165, 1.54) is 31.3 Å². The monoisotopic (exact) mass is 543 g/mol. The van der Waals surface area contributed by atoms with E-state index in [0.717, 1.165) is 29.5 Å². The Morgan fingerprint density at radius 3 is 2.26 bits per heavy atom. The van der Waals surface area contributed by atoms with E-state index in [1.807, 2.05) is 0 Å². The summed E-state index contributed by atoms with van der Waals surface area (Å²) in [6, 6.07) is 18.3. The van der Waals surface area contributed by atoms with Gasteiger partial charge in [-0.15, -0.1) is 0 Å². The first-order valence-corrected chi connectivity index (χ1v) is 12.3. The maximum absolute atomic E-state index is 13.3. The summed E-state index contributed by atoms with van der Waals surface area (Å²) in [6.07, 6.45) is -4.65. The zero-order valence-electron chi connectivity index (χ0n) is 20.5. The Bertz CT molecular complexity index is 1330. The minimum absolute atomic E-state index is 0.0195. The van der Waals surface area contributed by atoms with Gasteiger partial charge in [0, 0.05) is 12.1 Å². The Balaban J connectivity index is 1.62. The first kappa shape index (κ1) is 27.1. The molecule has 1 saturated heterocycles. The summed E-state index contributed by atoms with van der Waals surface area (Å²) in [7, 11) is 3.07. The molecule has 7 nitrogen and oxygen atoms in total. The number of amidine groups is 1. The lowest BCUT2D eigenvalue weighted by atomic mass is 10.2. The number of hydrogen-bond donors (Lipinski definition) is 1. The third-order valence-corrected chi connectivity index (χ3v) is 6.88. The number of aliphatic imine (C=N–C) groups is 1. The molecule has 3 aromatic carbocycles. The number of methoxy groups -OCH3 is 2. The van der Waals surface area contributed by atoms with E-state index in [4.69, 9.17) is 9.47 Å². The number of benzene rings is 3. The molecule has 1 atom stereocenters. The molecule has 1 heterocycles. The van der Waals surface area contributed by atoms with Crippen LogP contribution in [-0.4, -0.2) is 41.4 Å². The Hall–Kier alpha value is -3.99. The first-order chi connectivity index (χ1) is 18.2. The Morgan fingerprint density at radius 1 is 1.03 bits per heavy atom. The van der Waals surface area contributed by atoms with E-state index >= 15 is 0 Å². The molecule has 11 heteroatoms. The summed E-state index contributed by atoms with van der Waals surface area (Å²) in [5.74, 6) is 0.464. The second kappa shape index (κ2) is 11.6. The van der Waals surface area contributed by atoms with Crippen molar-refractivity contribution in [2.75, 3.05) is 19.5 Å². The number of rotatable bonds is 7. The van der Waals surface area contributed by atoms with E-state index < -0.39 is 22.9 Å². The summed E-state index contributed by atoms with van der Waals surface area (Å²) in [5, 5.41) is 2.07. The molecule has 2 amide bonds. The number of carbonyl (C=O) groups excluding carboxylic acids is 2. The lowest BCUT2D eigenvalue weighted by molar-refractivity contribution is -0.137. The fourth-order valence-corrected chi connectivity index (χ4v) is 4.77. The van der Waals surface area contributed by atoms with Crippen LogP contribution in [0.1, 0.15) is 17.5 Å². The second-order valence-corrected chi connectivity index (χ2v) is 9.47. The Labute approximate surface area is 221 Å². The van der Waals surface area contributed by atoms with Gasteiger partial charge >= 0.3 is 6.18 Å². The highest BCUT2D eigenvalue weighted by atomic mass is 32.2. The van der Waals surface area contributed by atoms with Gasteiger partial charge < -0.3 is 14.8 Å². The fourth-order valence-electron chi connectivity index (χ4n) is 3.67. The maximum Gasteiger partial charge on any atom is 0.416 e. The predicted octanol–water partition coefficient (Wildman–Crippen LogP) is 5.88. The van der Waals surface area contributed by atoms with Crippen molar-refractivity contribution in [2.24, 2.45) is 4.99 Å². The zero-order chi connectivity index (χ0) is 27.3. The number of anilines is 1. The SMILES string of the molecule is COc1ccc(CN2C(=O)CC(C(=O)Nc3ccc(OC)cc3)SC2=Nc2cccc(C(F)(F)F)c2)cc1. The number of nitrogens with one attached hydrogen (secondary N) is 1. The van der Waals surface area contributed by atoms with Crippen LogP contribution in [0.5, 0.6) is 11.5 Å². The molecule has 38 heavy (non-hydrogen) atoms. The van der Waals surface area contributed by atoms with E-state index in [-0.39, 0.29) is 29.7 Å². The number of carbonyl (C=O) groups is 2. The largest absolute Gasteiger partial charge is 0.497 e. The van der Waals surface area contributed by atoms with Crippen LogP contribution in [0.25, 0.3) is 0 Å². The smallest absolute Gasteiger partial charge is 0.416 e. The molecule has 1 N–H and O–H groups in total. The van der Waals surface area contributed by atoms with Crippen LogP contribution in [0.2, 0.25) is 0 Å². The van der Waals surface area contributed by atoms with Crippen LogP contribution in [0, 0.1) is 0 Å². The minimum Gasteiger partial charge on any atom is -0.497 e. The third-order valence-electron chi connectivity index (χ3n) is 5.69. The molecule has 1 aliphatic rings. The summed E-state index contributed by atoms with van der Waals surface area (Å²) < 4.78 is 50.1. The van der Waals surface area contributed by atoms with Gasteiger partial charge in [-0.3, -0.25) is 14.5 Å². The standard InChI is InChI=1S/C27H24F3N3O4S/c1-36-21-10-6-17(7-11-21)16-33-24(34)15-23(25(35)31-19-8-12-22(37-2)13-9-19)38-26(33)32-20-5-3-4-18(14-20)27(28,29)30/h3-14,23H,15-16H2,1-2H3,(H,31,35). The van der Waals surface area contributed by atoms with Gasteiger partial charge in [0.05, 0.1) is 32.0 Å². The van der Waals surface area contributed by atoms with Crippen molar-refractivity contribution in [1.82, 2.24) is 4.90 Å². The van der Waals surface area contributed by atoms with Crippen LogP contribution in [0.15, 0.2) is 77.8 Å². The highest BCUT2D eigenvalue weighted by molar-refractivity contribution is 8.15. The van der Waals surface area contributed by atoms with Gasteiger partial charge in [-0.2, -0.15) is 13.2 Å². The molecule has 0 bridgehead atoms. The second-order valence-electron chi connectivity index (χ2n) is 8.30. The molecule has 1 aliphatic heterocycles. The average Bonchev–Trinajstić information content (AvgIpc) is 2.91. The lowest BCUT2D eigenvalue weighted by Gasteiger charge is -2.32. The molecule has 1 unspecified atom stereocenters. The zero-order valence-corrected chi connectivity index (χ0v) is 21.3. The van der Waals surface area contributed by atoms with Gasteiger partial charge in [0.1, 0.15) is 16.7 Å². The van der Waals surface area contributed by atoms with Gasteiger partial charge in [-0.1, -0.05) is 30.0 Å². The van der Waals surface area contributed by atoms with Crippen molar-refractivity contribution in [2.45, 2.75) is 24.4 Å². The van der Waals surface area contributed by atoms with Gasteiger partial charge in [-0.05, 0) is 60.2 Å². The maximum atomic E-state index is 13.3. The summed E-state index contributed by atoms with van der Waals surface area (Å²) in [4.78, 5) is 32.0. The summed E-state index contributed by atoms with van der Waals surface area (Å²) in [5.41, 5.74) is 0.437. The lowest BCUT2D eigenvalue weighted by Crippen LogP contribution is -2.44. The average molecular weight is 544 g/mol. The first-order valence-electron chi connectivity index (χ1n) is 11.5. The predicted molar refractivity (Wildman–Crippen MR) is 140 cm³/mol. The third kappa shape index (κ3) is 6.65. The van der Waals surface area contributed by atoms with Crippen molar-refractivity contribution in [3.8, 4) is 11.5 Å². The van der Waals surface area contributed by atoms with Crippen LogP contribution in [0.4, 0.5) is 24.5 Å². The Kier molecular flexibility index (Phi) is 8.26. The van der Waals surface area contributed by atoms with Gasteiger partial charge in [0.2, 0.25) is 11.8 Å². The highest BCUT2D eigenvalue weighted by Gasteiger charge is 2.36. The van der Waals surface area contributed by atoms with E-state index in [2.05, 4.69) is 10.3 Å². The molecule has 0 spiro atoms. The number of halogens is 3. The molecule has 0 saturated carbocycles. The van der Waals surface area contributed by atoms with E-state index in [1.54, 1.807) is 48.5 Å². The Morgan fingerprint density at radius 2 is 1.66 bits per heavy atom. The number of hydrogen-bond acceptors (Lipinski definition) is 6. The van der Waals surface area contributed by atoms with Crippen molar-refractivity contribution in [3.63, 3.8) is 0 Å². The van der Waals surface area contributed by atoms with Crippen molar-refractivity contribution in [3.05, 3.63) is 83.9 Å². The van der Waals surface area contributed by atoms with E-state index in [9.17, 15) is 22.8 Å². The summed E-state index contributed by atoms with van der Waals surface area (Å²) >= 11 is 1.03. The van der Waals surface area contributed by atoms with Crippen LogP contribution in [-0.2, 0) is 22.3 Å². The van der Waals surface area contributed by atoms with Crippen molar-refractivity contribution in [1.29, 1.82) is 0 Å². The number of alkyl halides is 3. The molecular weight excluding hydrogens is 519 g/mol. The molecule has 1 fully saturated rings. The molecule has 0 radical (unpaired) electrons. The minimum atomic E-state index is -4.55.